The van der Waals surface area contributed by atoms with Gasteiger partial charge in [-0.1, -0.05) is 31.2 Å². The first-order valence-electron chi connectivity index (χ1n) is 7.00. The first kappa shape index (κ1) is 13.5. The Morgan fingerprint density at radius 1 is 1.39 bits per heavy atom. The molecule has 0 saturated heterocycles. The predicted octanol–water partition coefficient (Wildman–Crippen LogP) is 1.93. The van der Waals surface area contributed by atoms with E-state index in [4.69, 9.17) is 5.11 Å². The maximum absolute atomic E-state index is 9.02. The molecular weight excluding hydrogens is 224 g/mol. The van der Waals surface area contributed by atoms with Crippen molar-refractivity contribution in [2.45, 2.75) is 32.4 Å². The molecule has 1 aliphatic heterocycles. The van der Waals surface area contributed by atoms with Crippen molar-refractivity contribution >= 4 is 0 Å². The highest BCUT2D eigenvalue weighted by atomic mass is 16.3. The number of rotatable bonds is 5. The Bertz CT molecular complexity index is 367. The monoisotopic (exact) mass is 248 g/mol. The Morgan fingerprint density at radius 2 is 2.22 bits per heavy atom. The molecule has 0 aliphatic carbocycles. The van der Waals surface area contributed by atoms with Gasteiger partial charge >= 0.3 is 0 Å². The van der Waals surface area contributed by atoms with Crippen LogP contribution in [0.5, 0.6) is 0 Å². The van der Waals surface area contributed by atoms with E-state index >= 15 is 0 Å². The summed E-state index contributed by atoms with van der Waals surface area (Å²) in [5, 5.41) is 12.5. The zero-order chi connectivity index (χ0) is 12.8. The molecule has 2 N–H and O–H groups in total. The fourth-order valence-electron chi connectivity index (χ4n) is 2.83. The van der Waals surface area contributed by atoms with Gasteiger partial charge in [-0.25, -0.2) is 0 Å². The predicted molar refractivity (Wildman–Crippen MR) is 74.5 cm³/mol. The molecular formula is C15H24N2O. The van der Waals surface area contributed by atoms with Crippen molar-refractivity contribution in [1.29, 1.82) is 0 Å². The number of benzene rings is 1. The number of aliphatic hydroxyl groups excluding tert-OH is 1. The molecule has 0 amide bonds. The van der Waals surface area contributed by atoms with Crippen LogP contribution in [0.2, 0.25) is 0 Å². The Morgan fingerprint density at radius 3 is 3.00 bits per heavy atom. The third-order valence-electron chi connectivity index (χ3n) is 3.77. The summed E-state index contributed by atoms with van der Waals surface area (Å²) >= 11 is 0. The highest BCUT2D eigenvalue weighted by molar-refractivity contribution is 5.31. The Labute approximate surface area is 110 Å². The highest BCUT2D eigenvalue weighted by Crippen LogP contribution is 2.29. The van der Waals surface area contributed by atoms with Gasteiger partial charge in [-0.05, 0) is 37.1 Å². The number of fused-ring (bicyclic) bond motifs is 1. The first-order chi connectivity index (χ1) is 8.86. The molecule has 1 aromatic carbocycles. The number of hydrogen-bond donors (Lipinski definition) is 2. The fraction of sp³-hybridized carbons (Fsp3) is 0.600. The minimum absolute atomic E-state index is 0.281. The zero-order valence-electron chi connectivity index (χ0n) is 11.2. The molecule has 18 heavy (non-hydrogen) atoms. The first-order valence-corrected chi connectivity index (χ1v) is 7.00. The maximum Gasteiger partial charge on any atom is 0.0443 e. The average Bonchev–Trinajstić information content (AvgIpc) is 2.63. The Balaban J connectivity index is 2.20. The molecule has 1 unspecified atom stereocenters. The van der Waals surface area contributed by atoms with Crippen LogP contribution in [0.3, 0.4) is 0 Å². The van der Waals surface area contributed by atoms with Gasteiger partial charge in [0.2, 0.25) is 0 Å². The number of aliphatic hydroxyl groups is 1. The normalized spacial score (nSPS) is 19.6. The fourth-order valence-corrected chi connectivity index (χ4v) is 2.83. The van der Waals surface area contributed by atoms with E-state index in [1.165, 1.54) is 11.1 Å². The summed E-state index contributed by atoms with van der Waals surface area (Å²) in [6.07, 6.45) is 2.01. The van der Waals surface area contributed by atoms with Gasteiger partial charge in [0.15, 0.2) is 0 Å². The summed E-state index contributed by atoms with van der Waals surface area (Å²) < 4.78 is 0. The quantitative estimate of drug-likeness (QED) is 0.836. The summed E-state index contributed by atoms with van der Waals surface area (Å²) in [4.78, 5) is 2.49. The zero-order valence-corrected chi connectivity index (χ0v) is 11.2. The summed E-state index contributed by atoms with van der Waals surface area (Å²) in [7, 11) is 0. The lowest BCUT2D eigenvalue weighted by atomic mass is 9.97. The van der Waals surface area contributed by atoms with E-state index in [-0.39, 0.29) is 6.61 Å². The van der Waals surface area contributed by atoms with Crippen LogP contribution in [0.1, 0.15) is 36.9 Å². The van der Waals surface area contributed by atoms with Gasteiger partial charge in [0.1, 0.15) is 0 Å². The van der Waals surface area contributed by atoms with Gasteiger partial charge in [0.05, 0.1) is 0 Å². The molecule has 0 spiro atoms. The van der Waals surface area contributed by atoms with Crippen LogP contribution in [-0.4, -0.2) is 36.2 Å². The second-order valence-electron chi connectivity index (χ2n) is 4.89. The van der Waals surface area contributed by atoms with Gasteiger partial charge in [0.25, 0.3) is 0 Å². The minimum Gasteiger partial charge on any atom is -0.396 e. The van der Waals surface area contributed by atoms with Crippen LogP contribution in [-0.2, 0) is 6.54 Å². The van der Waals surface area contributed by atoms with Gasteiger partial charge in [-0.2, -0.15) is 0 Å². The molecule has 0 saturated carbocycles. The van der Waals surface area contributed by atoms with Crippen LogP contribution < -0.4 is 5.32 Å². The molecule has 100 valence electrons. The van der Waals surface area contributed by atoms with E-state index in [1.54, 1.807) is 0 Å². The third-order valence-corrected chi connectivity index (χ3v) is 3.77. The molecule has 1 aromatic rings. The van der Waals surface area contributed by atoms with Crippen molar-refractivity contribution in [2.75, 3.05) is 26.2 Å². The van der Waals surface area contributed by atoms with Gasteiger partial charge in [-0.15, -0.1) is 0 Å². The van der Waals surface area contributed by atoms with Crippen molar-refractivity contribution in [3.63, 3.8) is 0 Å². The molecule has 0 fully saturated rings. The molecule has 3 heteroatoms. The molecule has 3 nitrogen and oxygen atoms in total. The summed E-state index contributed by atoms with van der Waals surface area (Å²) in [5.74, 6) is 0. The minimum atomic E-state index is 0.281. The standard InChI is InChI=1S/C15H24N2O/c1-2-17(10-5-11-18)15-8-9-16-12-13-6-3-4-7-14(13)15/h3-4,6-7,15-16,18H,2,5,8-12H2,1H3. The Kier molecular flexibility index (Phi) is 5.17. The van der Waals surface area contributed by atoms with Crippen LogP contribution in [0.15, 0.2) is 24.3 Å². The van der Waals surface area contributed by atoms with E-state index in [0.717, 1.165) is 39.0 Å². The van der Waals surface area contributed by atoms with Crippen LogP contribution in [0.4, 0.5) is 0 Å². The second kappa shape index (κ2) is 6.88. The molecule has 2 rings (SSSR count). The maximum atomic E-state index is 9.02. The lowest BCUT2D eigenvalue weighted by Crippen LogP contribution is -2.31. The third kappa shape index (κ3) is 3.10. The van der Waals surface area contributed by atoms with Crippen molar-refractivity contribution in [1.82, 2.24) is 10.2 Å². The second-order valence-corrected chi connectivity index (χ2v) is 4.89. The molecule has 1 aliphatic rings. The largest absolute Gasteiger partial charge is 0.396 e. The number of hydrogen-bond acceptors (Lipinski definition) is 3. The molecule has 1 heterocycles. The van der Waals surface area contributed by atoms with Crippen molar-refractivity contribution < 1.29 is 5.11 Å². The van der Waals surface area contributed by atoms with Crippen molar-refractivity contribution in [2.24, 2.45) is 0 Å². The van der Waals surface area contributed by atoms with E-state index < -0.39 is 0 Å². The summed E-state index contributed by atoms with van der Waals surface area (Å²) in [5.41, 5.74) is 2.88. The topological polar surface area (TPSA) is 35.5 Å². The van der Waals surface area contributed by atoms with Crippen LogP contribution in [0.25, 0.3) is 0 Å². The van der Waals surface area contributed by atoms with Crippen LogP contribution in [0, 0.1) is 0 Å². The van der Waals surface area contributed by atoms with E-state index in [9.17, 15) is 0 Å². The van der Waals surface area contributed by atoms with Crippen molar-refractivity contribution in [3.8, 4) is 0 Å². The Hall–Kier alpha value is -0.900. The van der Waals surface area contributed by atoms with E-state index in [0.29, 0.717) is 6.04 Å². The highest BCUT2D eigenvalue weighted by Gasteiger charge is 2.22. The van der Waals surface area contributed by atoms with Crippen LogP contribution >= 0.6 is 0 Å². The van der Waals surface area contributed by atoms with Crippen molar-refractivity contribution in [3.05, 3.63) is 35.4 Å². The SMILES string of the molecule is CCN(CCCO)C1CCNCc2ccccc21. The number of nitrogens with one attached hydrogen (secondary N) is 1. The number of nitrogens with zero attached hydrogens (tertiary/aromatic N) is 1. The summed E-state index contributed by atoms with van der Waals surface area (Å²) in [6, 6.07) is 9.23. The van der Waals surface area contributed by atoms with E-state index in [2.05, 4.69) is 41.4 Å². The average molecular weight is 248 g/mol. The van der Waals surface area contributed by atoms with Gasteiger partial charge in [0, 0.05) is 25.7 Å². The molecule has 0 radical (unpaired) electrons. The lowest BCUT2D eigenvalue weighted by Gasteiger charge is -2.31. The van der Waals surface area contributed by atoms with E-state index in [1.807, 2.05) is 0 Å². The summed E-state index contributed by atoms with van der Waals surface area (Å²) in [6.45, 7) is 6.55. The van der Waals surface area contributed by atoms with Gasteiger partial charge < -0.3 is 10.4 Å². The molecule has 0 bridgehead atoms. The lowest BCUT2D eigenvalue weighted by molar-refractivity contribution is 0.175. The molecule has 1 atom stereocenters. The smallest absolute Gasteiger partial charge is 0.0443 e. The molecule has 0 aromatic heterocycles. The van der Waals surface area contributed by atoms with Gasteiger partial charge in [-0.3, -0.25) is 4.90 Å².